The lowest BCUT2D eigenvalue weighted by molar-refractivity contribution is -0.119. The molecule has 2 amide bonds. The summed E-state index contributed by atoms with van der Waals surface area (Å²) in [4.78, 5) is 42.2. The van der Waals surface area contributed by atoms with Gasteiger partial charge >= 0.3 is 0 Å². The quantitative estimate of drug-likeness (QED) is 0.364. The number of hydrogen-bond donors (Lipinski definition) is 3. The molecule has 1 atom stereocenters. The Balaban J connectivity index is 1.73. The molecule has 13 heteroatoms. The van der Waals surface area contributed by atoms with E-state index < -0.39 is 35.9 Å². The largest absolute Gasteiger partial charge is 0.494 e. The number of aryl methyl sites for hydroxylation is 1. The highest BCUT2D eigenvalue weighted by Crippen LogP contribution is 2.49. The first kappa shape index (κ1) is 25.8. The molecule has 1 aliphatic carbocycles. The summed E-state index contributed by atoms with van der Waals surface area (Å²) in [6, 6.07) is 3.62. The number of aromatic nitrogens is 3. The summed E-state index contributed by atoms with van der Waals surface area (Å²) in [6.07, 6.45) is 3.55. The van der Waals surface area contributed by atoms with Crippen LogP contribution in [0.2, 0.25) is 0 Å². The number of carbonyl (C=O) groups is 2. The van der Waals surface area contributed by atoms with Crippen molar-refractivity contribution in [3.8, 4) is 17.0 Å². The number of hydrogen-bond acceptors (Lipinski definition) is 8. The molecule has 0 aliphatic heterocycles. The van der Waals surface area contributed by atoms with Crippen molar-refractivity contribution < 1.29 is 32.3 Å². The van der Waals surface area contributed by atoms with Crippen molar-refractivity contribution in [1.82, 2.24) is 20.4 Å². The Morgan fingerprint density at radius 1 is 1.11 bits per heavy atom. The number of amides is 2. The van der Waals surface area contributed by atoms with Gasteiger partial charge in [-0.25, -0.2) is 23.6 Å². The van der Waals surface area contributed by atoms with Crippen molar-refractivity contribution in [3.05, 3.63) is 53.9 Å². The number of anilines is 3. The maximum atomic E-state index is 14.7. The maximum Gasteiger partial charge on any atom is 0.278 e. The fourth-order valence-corrected chi connectivity index (χ4v) is 3.49. The number of nitrogens with zero attached hydrogens (tertiary/aromatic N) is 3. The Morgan fingerprint density at radius 3 is 2.49 bits per heavy atom. The van der Waals surface area contributed by atoms with Gasteiger partial charge in [0.05, 0.1) is 48.2 Å². The second kappa shape index (κ2) is 10.4. The SMILES string of the molecule is CCONC(=O)c1cnc(NC(=O)C2CC2(F)F)cc1Nc1cc(F)cc(-c2cnc(C)cn2)c1OC. The molecule has 3 aromatic rings. The molecule has 0 spiro atoms. The van der Waals surface area contributed by atoms with Crippen LogP contribution in [-0.2, 0) is 9.63 Å². The van der Waals surface area contributed by atoms with Gasteiger partial charge in [0.2, 0.25) is 5.91 Å². The summed E-state index contributed by atoms with van der Waals surface area (Å²) in [7, 11) is 1.38. The molecule has 1 aromatic carbocycles. The Labute approximate surface area is 209 Å². The number of pyridine rings is 1. The Hall–Kier alpha value is -4.26. The van der Waals surface area contributed by atoms with E-state index in [4.69, 9.17) is 9.57 Å². The van der Waals surface area contributed by atoms with Gasteiger partial charge in [0.25, 0.3) is 11.8 Å². The van der Waals surface area contributed by atoms with E-state index in [0.717, 1.165) is 12.3 Å². The van der Waals surface area contributed by atoms with Gasteiger partial charge in [-0.3, -0.25) is 24.4 Å². The molecule has 0 bridgehead atoms. The molecule has 4 rings (SSSR count). The fourth-order valence-electron chi connectivity index (χ4n) is 3.49. The van der Waals surface area contributed by atoms with Crippen LogP contribution in [0.3, 0.4) is 0 Å². The second-order valence-electron chi connectivity index (χ2n) is 8.19. The van der Waals surface area contributed by atoms with Gasteiger partial charge in [0.15, 0.2) is 5.75 Å². The van der Waals surface area contributed by atoms with Crippen LogP contribution in [-0.4, -0.2) is 46.4 Å². The first-order chi connectivity index (χ1) is 17.6. The standard InChI is InChI=1S/C24H23F3N6O4/c1-4-37-33-22(34)15-10-30-20(32-23(35)16-8-24(16,26)27)7-17(15)31-18-6-13(25)5-14(21(18)36-3)19-11-28-12(2)9-29-19/h5-7,9-11,16H,4,8H2,1-3H3,(H,33,34)(H2,30,31,32,35). The van der Waals surface area contributed by atoms with E-state index in [1.807, 2.05) is 0 Å². The predicted molar refractivity (Wildman–Crippen MR) is 127 cm³/mol. The summed E-state index contributed by atoms with van der Waals surface area (Å²) < 4.78 is 46.8. The lowest BCUT2D eigenvalue weighted by atomic mass is 10.1. The van der Waals surface area contributed by atoms with Gasteiger partial charge < -0.3 is 15.4 Å². The third-order valence-corrected chi connectivity index (χ3v) is 5.44. The minimum Gasteiger partial charge on any atom is -0.494 e. The van der Waals surface area contributed by atoms with Gasteiger partial charge in [-0.1, -0.05) is 0 Å². The Bertz CT molecular complexity index is 1340. The third kappa shape index (κ3) is 5.77. The van der Waals surface area contributed by atoms with E-state index in [2.05, 4.69) is 31.1 Å². The van der Waals surface area contributed by atoms with E-state index in [1.54, 1.807) is 13.8 Å². The first-order valence-corrected chi connectivity index (χ1v) is 11.2. The molecule has 0 saturated heterocycles. The van der Waals surface area contributed by atoms with Crippen molar-refractivity contribution >= 4 is 29.0 Å². The summed E-state index contributed by atoms with van der Waals surface area (Å²) in [6.45, 7) is 3.60. The van der Waals surface area contributed by atoms with Crippen LogP contribution in [0.25, 0.3) is 11.3 Å². The summed E-state index contributed by atoms with van der Waals surface area (Å²) in [5.41, 5.74) is 3.66. The monoisotopic (exact) mass is 516 g/mol. The summed E-state index contributed by atoms with van der Waals surface area (Å²) in [5, 5.41) is 5.24. The van der Waals surface area contributed by atoms with Gasteiger partial charge in [0.1, 0.15) is 17.6 Å². The molecule has 2 heterocycles. The molecular weight excluding hydrogens is 493 g/mol. The molecule has 1 fully saturated rings. The molecule has 194 valence electrons. The van der Waals surface area contributed by atoms with Crippen LogP contribution < -0.4 is 20.9 Å². The van der Waals surface area contributed by atoms with E-state index in [0.29, 0.717) is 11.4 Å². The zero-order chi connectivity index (χ0) is 26.7. The van der Waals surface area contributed by atoms with Gasteiger partial charge in [0, 0.05) is 36.5 Å². The average Bonchev–Trinajstić information content (AvgIpc) is 3.51. The molecular formula is C24H23F3N6O4. The highest BCUT2D eigenvalue weighted by atomic mass is 19.3. The topological polar surface area (TPSA) is 127 Å². The number of methoxy groups -OCH3 is 1. The smallest absolute Gasteiger partial charge is 0.278 e. The minimum atomic E-state index is -3.06. The number of rotatable bonds is 9. The highest BCUT2D eigenvalue weighted by Gasteiger charge is 2.61. The van der Waals surface area contributed by atoms with Crippen LogP contribution in [0.1, 0.15) is 29.4 Å². The zero-order valence-corrected chi connectivity index (χ0v) is 20.1. The number of halogens is 3. The molecule has 0 radical (unpaired) electrons. The van der Waals surface area contributed by atoms with Crippen molar-refractivity contribution in [2.45, 2.75) is 26.2 Å². The number of nitrogens with one attached hydrogen (secondary N) is 3. The van der Waals surface area contributed by atoms with Crippen molar-refractivity contribution in [1.29, 1.82) is 0 Å². The van der Waals surface area contributed by atoms with Crippen molar-refractivity contribution in [2.75, 3.05) is 24.4 Å². The van der Waals surface area contributed by atoms with Crippen LogP contribution in [0.5, 0.6) is 5.75 Å². The highest BCUT2D eigenvalue weighted by molar-refractivity contribution is 6.01. The van der Waals surface area contributed by atoms with Crippen LogP contribution in [0, 0.1) is 18.7 Å². The number of carbonyl (C=O) groups excluding carboxylic acids is 2. The van der Waals surface area contributed by atoms with E-state index in [1.165, 1.54) is 31.6 Å². The van der Waals surface area contributed by atoms with E-state index >= 15 is 0 Å². The lowest BCUT2D eigenvalue weighted by Crippen LogP contribution is -2.25. The maximum absolute atomic E-state index is 14.7. The van der Waals surface area contributed by atoms with Crippen LogP contribution in [0.15, 0.2) is 36.8 Å². The zero-order valence-electron chi connectivity index (χ0n) is 20.1. The number of hydroxylamine groups is 1. The lowest BCUT2D eigenvalue weighted by Gasteiger charge is -2.18. The fraction of sp³-hybridized carbons (Fsp3) is 0.292. The van der Waals surface area contributed by atoms with Crippen LogP contribution in [0.4, 0.5) is 30.4 Å². The van der Waals surface area contributed by atoms with Crippen molar-refractivity contribution in [2.24, 2.45) is 5.92 Å². The Kier molecular flexibility index (Phi) is 7.25. The first-order valence-electron chi connectivity index (χ1n) is 11.2. The van der Waals surface area contributed by atoms with Crippen molar-refractivity contribution in [3.63, 3.8) is 0 Å². The molecule has 1 saturated carbocycles. The molecule has 1 aliphatic rings. The summed E-state index contributed by atoms with van der Waals surface area (Å²) in [5.74, 6) is -6.65. The Morgan fingerprint density at radius 2 is 1.86 bits per heavy atom. The molecule has 1 unspecified atom stereocenters. The van der Waals surface area contributed by atoms with Gasteiger partial charge in [-0.15, -0.1) is 0 Å². The number of ether oxygens (including phenoxy) is 1. The normalized spacial score (nSPS) is 15.6. The number of benzene rings is 1. The molecule has 37 heavy (non-hydrogen) atoms. The molecule has 3 N–H and O–H groups in total. The molecule has 10 nitrogen and oxygen atoms in total. The molecule has 2 aromatic heterocycles. The number of alkyl halides is 2. The van der Waals surface area contributed by atoms with Crippen LogP contribution >= 0.6 is 0 Å². The average molecular weight is 516 g/mol. The van der Waals surface area contributed by atoms with Gasteiger partial charge in [-0.05, 0) is 19.9 Å². The third-order valence-electron chi connectivity index (χ3n) is 5.44. The predicted octanol–water partition coefficient (Wildman–Crippen LogP) is 4.01. The van der Waals surface area contributed by atoms with E-state index in [9.17, 15) is 22.8 Å². The summed E-state index contributed by atoms with van der Waals surface area (Å²) >= 11 is 0. The second-order valence-corrected chi connectivity index (χ2v) is 8.19. The minimum absolute atomic E-state index is 0.0359. The van der Waals surface area contributed by atoms with Gasteiger partial charge in [-0.2, -0.15) is 0 Å². The van der Waals surface area contributed by atoms with E-state index in [-0.39, 0.29) is 40.7 Å².